The standard InChI is InChI=1S/C27H24N2O3S/c1-29(2)33(31,32)25-14-11-20(12-15-25)9-6-10-22-13-16-26-23(17-22)19-24(27(30)28-26)18-21-7-4-3-5-8-21/h3-5,7-8,11-17,19H,9,18H2,1-2H3,(H,28,30). The number of rotatable bonds is 5. The molecule has 4 aromatic rings. The first kappa shape index (κ1) is 22.5. The fourth-order valence-electron chi connectivity index (χ4n) is 3.52. The Morgan fingerprint density at radius 2 is 1.61 bits per heavy atom. The lowest BCUT2D eigenvalue weighted by atomic mass is 10.0. The molecule has 4 rings (SSSR count). The van der Waals surface area contributed by atoms with Crippen molar-refractivity contribution in [1.29, 1.82) is 0 Å². The quantitative estimate of drug-likeness (QED) is 0.462. The van der Waals surface area contributed by atoms with Crippen molar-refractivity contribution >= 4 is 20.9 Å². The lowest BCUT2D eigenvalue weighted by Crippen LogP contribution is -2.22. The minimum Gasteiger partial charge on any atom is -0.322 e. The molecular formula is C27H24N2O3S. The number of aromatic nitrogens is 1. The molecule has 0 saturated heterocycles. The maximum Gasteiger partial charge on any atom is 0.251 e. The molecule has 1 aromatic heterocycles. The Balaban J connectivity index is 1.53. The van der Waals surface area contributed by atoms with Crippen molar-refractivity contribution in [2.45, 2.75) is 17.7 Å². The van der Waals surface area contributed by atoms with Gasteiger partial charge in [0, 0.05) is 43.6 Å². The number of hydrogen-bond donors (Lipinski definition) is 1. The van der Waals surface area contributed by atoms with Crippen molar-refractivity contribution in [3.05, 3.63) is 111 Å². The van der Waals surface area contributed by atoms with Crippen LogP contribution in [0.15, 0.2) is 88.6 Å². The van der Waals surface area contributed by atoms with Crippen LogP contribution in [0.4, 0.5) is 0 Å². The Morgan fingerprint density at radius 3 is 2.30 bits per heavy atom. The number of pyridine rings is 1. The van der Waals surface area contributed by atoms with Gasteiger partial charge in [0.1, 0.15) is 0 Å². The smallest absolute Gasteiger partial charge is 0.251 e. The Bertz CT molecular complexity index is 1510. The van der Waals surface area contributed by atoms with E-state index in [0.717, 1.165) is 27.6 Å². The van der Waals surface area contributed by atoms with E-state index in [4.69, 9.17) is 0 Å². The van der Waals surface area contributed by atoms with Gasteiger partial charge in [-0.3, -0.25) is 4.79 Å². The summed E-state index contributed by atoms with van der Waals surface area (Å²) < 4.78 is 25.5. The molecule has 3 aromatic carbocycles. The second-order valence-corrected chi connectivity index (χ2v) is 10.1. The Hall–Kier alpha value is -3.66. The van der Waals surface area contributed by atoms with Gasteiger partial charge in [0.15, 0.2) is 0 Å². The molecule has 0 aliphatic carbocycles. The van der Waals surface area contributed by atoms with Crippen LogP contribution in [0.3, 0.4) is 0 Å². The van der Waals surface area contributed by atoms with Crippen LogP contribution in [0.5, 0.6) is 0 Å². The van der Waals surface area contributed by atoms with Crippen molar-refractivity contribution in [1.82, 2.24) is 9.29 Å². The summed E-state index contributed by atoms with van der Waals surface area (Å²) in [5.74, 6) is 6.31. The topological polar surface area (TPSA) is 70.2 Å². The van der Waals surface area contributed by atoms with Crippen LogP contribution >= 0.6 is 0 Å². The monoisotopic (exact) mass is 456 g/mol. The second-order valence-electron chi connectivity index (χ2n) is 8.00. The number of nitrogens with zero attached hydrogens (tertiary/aromatic N) is 1. The minimum atomic E-state index is -3.43. The Kier molecular flexibility index (Phi) is 6.45. The first-order chi connectivity index (χ1) is 15.8. The molecule has 0 amide bonds. The fraction of sp³-hybridized carbons (Fsp3) is 0.148. The summed E-state index contributed by atoms with van der Waals surface area (Å²) in [6.45, 7) is 0. The fourth-order valence-corrected chi connectivity index (χ4v) is 4.42. The van der Waals surface area contributed by atoms with Crippen LogP contribution in [0.25, 0.3) is 10.9 Å². The summed E-state index contributed by atoms with van der Waals surface area (Å²) in [7, 11) is -0.408. The average Bonchev–Trinajstić information content (AvgIpc) is 2.81. The van der Waals surface area contributed by atoms with Crippen molar-refractivity contribution < 1.29 is 8.42 Å². The number of nitrogens with one attached hydrogen (secondary N) is 1. The van der Waals surface area contributed by atoms with Gasteiger partial charge in [-0.05, 0) is 52.9 Å². The lowest BCUT2D eigenvalue weighted by Gasteiger charge is -2.11. The third-order valence-electron chi connectivity index (χ3n) is 5.39. The van der Waals surface area contributed by atoms with Crippen molar-refractivity contribution in [3.63, 3.8) is 0 Å². The summed E-state index contributed by atoms with van der Waals surface area (Å²) in [6.07, 6.45) is 1.08. The van der Waals surface area contributed by atoms with Gasteiger partial charge in [-0.2, -0.15) is 0 Å². The van der Waals surface area contributed by atoms with E-state index in [1.165, 1.54) is 18.4 Å². The maximum atomic E-state index is 12.5. The molecule has 0 aliphatic rings. The van der Waals surface area contributed by atoms with Crippen molar-refractivity contribution in [3.8, 4) is 11.8 Å². The van der Waals surface area contributed by atoms with Crippen LogP contribution in [-0.2, 0) is 22.9 Å². The number of H-pyrrole nitrogens is 1. The summed E-state index contributed by atoms with van der Waals surface area (Å²) >= 11 is 0. The SMILES string of the molecule is CN(C)S(=O)(=O)c1ccc(CC#Cc2ccc3[nH]c(=O)c(Cc4ccccc4)cc3c2)cc1. The van der Waals surface area contributed by atoms with E-state index in [9.17, 15) is 13.2 Å². The minimum absolute atomic E-state index is 0.0788. The molecule has 0 fully saturated rings. The van der Waals surface area contributed by atoms with E-state index in [0.29, 0.717) is 18.4 Å². The molecule has 0 bridgehead atoms. The van der Waals surface area contributed by atoms with Crippen LogP contribution in [0, 0.1) is 11.8 Å². The summed E-state index contributed by atoms with van der Waals surface area (Å²) in [6, 6.07) is 24.3. The van der Waals surface area contributed by atoms with Gasteiger partial charge in [0.05, 0.1) is 4.90 Å². The molecule has 0 atom stereocenters. The summed E-state index contributed by atoms with van der Waals surface area (Å²) in [4.78, 5) is 15.7. The zero-order valence-corrected chi connectivity index (χ0v) is 19.3. The molecule has 0 saturated carbocycles. The number of benzene rings is 3. The third kappa shape index (κ3) is 5.23. The molecule has 166 valence electrons. The van der Waals surface area contributed by atoms with Gasteiger partial charge in [0.2, 0.25) is 10.0 Å². The summed E-state index contributed by atoms with van der Waals surface area (Å²) in [5, 5.41) is 0.936. The first-order valence-electron chi connectivity index (χ1n) is 10.5. The van der Waals surface area contributed by atoms with Crippen molar-refractivity contribution in [2.24, 2.45) is 0 Å². The Labute approximate surface area is 193 Å². The highest BCUT2D eigenvalue weighted by Crippen LogP contribution is 2.16. The van der Waals surface area contributed by atoms with Crippen LogP contribution in [-0.4, -0.2) is 31.8 Å². The van der Waals surface area contributed by atoms with Gasteiger partial charge < -0.3 is 4.98 Å². The molecule has 6 heteroatoms. The Morgan fingerprint density at radius 1 is 0.879 bits per heavy atom. The van der Waals surface area contributed by atoms with E-state index in [1.807, 2.05) is 54.6 Å². The molecule has 5 nitrogen and oxygen atoms in total. The zero-order valence-electron chi connectivity index (χ0n) is 18.5. The maximum absolute atomic E-state index is 12.5. The van der Waals surface area contributed by atoms with Crippen LogP contribution in [0.2, 0.25) is 0 Å². The normalized spacial score (nSPS) is 11.4. The molecule has 0 aliphatic heterocycles. The molecule has 0 spiro atoms. The largest absolute Gasteiger partial charge is 0.322 e. The number of sulfonamides is 1. The van der Waals surface area contributed by atoms with E-state index in [1.54, 1.807) is 24.3 Å². The predicted molar refractivity (Wildman–Crippen MR) is 132 cm³/mol. The molecule has 0 unspecified atom stereocenters. The van der Waals surface area contributed by atoms with Gasteiger partial charge in [-0.15, -0.1) is 0 Å². The molecule has 1 heterocycles. The highest BCUT2D eigenvalue weighted by molar-refractivity contribution is 7.89. The third-order valence-corrected chi connectivity index (χ3v) is 7.22. The van der Waals surface area contributed by atoms with E-state index < -0.39 is 10.0 Å². The number of hydrogen-bond acceptors (Lipinski definition) is 3. The van der Waals surface area contributed by atoms with E-state index in [2.05, 4.69) is 16.8 Å². The van der Waals surface area contributed by atoms with Gasteiger partial charge in [-0.25, -0.2) is 12.7 Å². The van der Waals surface area contributed by atoms with Crippen LogP contribution < -0.4 is 5.56 Å². The zero-order chi connectivity index (χ0) is 23.4. The second kappa shape index (κ2) is 9.45. The van der Waals surface area contributed by atoms with Gasteiger partial charge in [0.25, 0.3) is 5.56 Å². The summed E-state index contributed by atoms with van der Waals surface area (Å²) in [5.41, 5.74) is 4.29. The van der Waals surface area contributed by atoms with Gasteiger partial charge in [-0.1, -0.05) is 54.3 Å². The van der Waals surface area contributed by atoms with Gasteiger partial charge >= 0.3 is 0 Å². The van der Waals surface area contributed by atoms with Crippen molar-refractivity contribution in [2.75, 3.05) is 14.1 Å². The molecule has 33 heavy (non-hydrogen) atoms. The number of aromatic amines is 1. The first-order valence-corrected chi connectivity index (χ1v) is 12.0. The highest BCUT2D eigenvalue weighted by atomic mass is 32.2. The predicted octanol–water partition coefficient (Wildman–Crippen LogP) is 3.96. The molecule has 1 N–H and O–H groups in total. The lowest BCUT2D eigenvalue weighted by molar-refractivity contribution is 0.520. The number of fused-ring (bicyclic) bond motifs is 1. The van der Waals surface area contributed by atoms with E-state index in [-0.39, 0.29) is 10.5 Å². The average molecular weight is 457 g/mol. The molecule has 0 radical (unpaired) electrons. The molecular weight excluding hydrogens is 432 g/mol. The highest BCUT2D eigenvalue weighted by Gasteiger charge is 2.16. The van der Waals surface area contributed by atoms with Crippen LogP contribution in [0.1, 0.15) is 22.3 Å². The van der Waals surface area contributed by atoms with E-state index >= 15 is 0 Å².